The number of benzene rings is 1. The third kappa shape index (κ3) is 4.30. The first-order valence-corrected chi connectivity index (χ1v) is 7.60. The van der Waals surface area contributed by atoms with Gasteiger partial charge in [0.25, 0.3) is 5.22 Å². The molecular formula is C14H18N4O2S. The molecule has 0 saturated heterocycles. The van der Waals surface area contributed by atoms with E-state index < -0.39 is 0 Å². The fourth-order valence-electron chi connectivity index (χ4n) is 1.72. The third-order valence-electron chi connectivity index (χ3n) is 3.01. The van der Waals surface area contributed by atoms with Gasteiger partial charge in [0.2, 0.25) is 11.8 Å². The molecule has 1 aromatic carbocycles. The van der Waals surface area contributed by atoms with Crippen molar-refractivity contribution in [3.8, 4) is 0 Å². The van der Waals surface area contributed by atoms with Gasteiger partial charge in [-0.25, -0.2) is 0 Å². The van der Waals surface area contributed by atoms with Gasteiger partial charge in [-0.3, -0.25) is 4.79 Å². The highest BCUT2D eigenvalue weighted by Crippen LogP contribution is 2.20. The molecular weight excluding hydrogens is 288 g/mol. The molecule has 0 atom stereocenters. The van der Waals surface area contributed by atoms with Crippen LogP contribution in [0.5, 0.6) is 0 Å². The van der Waals surface area contributed by atoms with Crippen molar-refractivity contribution in [3.63, 3.8) is 0 Å². The lowest BCUT2D eigenvalue weighted by Gasteiger charge is -2.09. The molecule has 0 radical (unpaired) electrons. The zero-order valence-corrected chi connectivity index (χ0v) is 12.9. The Morgan fingerprint density at radius 2 is 2.19 bits per heavy atom. The Morgan fingerprint density at radius 3 is 2.95 bits per heavy atom. The van der Waals surface area contributed by atoms with Crippen LogP contribution in [0.25, 0.3) is 0 Å². The fourth-order valence-corrected chi connectivity index (χ4v) is 2.30. The summed E-state index contributed by atoms with van der Waals surface area (Å²) in [4.78, 5) is 11.9. The van der Waals surface area contributed by atoms with Gasteiger partial charge in [0.1, 0.15) is 0 Å². The molecule has 2 aromatic rings. The standard InChI is InChI=1S/C14H18N4O2S/c1-9-4-3-5-11(10(9)2)16-12(19)8-21-14-18-17-13(20-14)6-7-15/h3-5H,6-8,15H2,1-2H3,(H,16,19). The number of carbonyl (C=O) groups excluding carboxylic acids is 1. The first kappa shape index (κ1) is 15.5. The van der Waals surface area contributed by atoms with Crippen molar-refractivity contribution >= 4 is 23.4 Å². The number of amides is 1. The molecule has 1 amide bonds. The predicted molar refractivity (Wildman–Crippen MR) is 82.3 cm³/mol. The minimum atomic E-state index is -0.104. The van der Waals surface area contributed by atoms with Crippen molar-refractivity contribution in [2.75, 3.05) is 17.6 Å². The van der Waals surface area contributed by atoms with Crippen LogP contribution < -0.4 is 11.1 Å². The number of nitrogens with zero attached hydrogens (tertiary/aromatic N) is 2. The topological polar surface area (TPSA) is 94.0 Å². The maximum Gasteiger partial charge on any atom is 0.277 e. The number of aromatic nitrogens is 2. The number of rotatable bonds is 6. The molecule has 0 fully saturated rings. The van der Waals surface area contributed by atoms with Crippen LogP contribution in [0.2, 0.25) is 0 Å². The lowest BCUT2D eigenvalue weighted by molar-refractivity contribution is -0.113. The summed E-state index contributed by atoms with van der Waals surface area (Å²) < 4.78 is 5.35. The third-order valence-corrected chi connectivity index (χ3v) is 3.83. The van der Waals surface area contributed by atoms with Crippen LogP contribution in [-0.4, -0.2) is 28.4 Å². The first-order chi connectivity index (χ1) is 10.1. The minimum Gasteiger partial charge on any atom is -0.416 e. The summed E-state index contributed by atoms with van der Waals surface area (Å²) in [6.45, 7) is 4.45. The van der Waals surface area contributed by atoms with Gasteiger partial charge in [0.15, 0.2) is 0 Å². The normalized spacial score (nSPS) is 10.6. The molecule has 1 heterocycles. The summed E-state index contributed by atoms with van der Waals surface area (Å²) in [7, 11) is 0. The largest absolute Gasteiger partial charge is 0.416 e. The number of carbonyl (C=O) groups is 1. The Kier molecular flexibility index (Phi) is 5.35. The summed E-state index contributed by atoms with van der Waals surface area (Å²) in [5.41, 5.74) is 8.44. The summed E-state index contributed by atoms with van der Waals surface area (Å²) in [5.74, 6) is 0.611. The first-order valence-electron chi connectivity index (χ1n) is 6.61. The number of nitrogens with two attached hydrogens (primary N) is 1. The van der Waals surface area contributed by atoms with Crippen molar-refractivity contribution in [2.24, 2.45) is 5.73 Å². The van der Waals surface area contributed by atoms with E-state index in [2.05, 4.69) is 15.5 Å². The molecule has 1 aromatic heterocycles. The van der Waals surface area contributed by atoms with E-state index in [1.165, 1.54) is 11.8 Å². The molecule has 112 valence electrons. The summed E-state index contributed by atoms with van der Waals surface area (Å²) >= 11 is 1.21. The Bertz CT molecular complexity index is 627. The Labute approximate surface area is 127 Å². The van der Waals surface area contributed by atoms with E-state index in [4.69, 9.17) is 10.2 Å². The summed E-state index contributed by atoms with van der Waals surface area (Å²) in [6, 6.07) is 5.82. The van der Waals surface area contributed by atoms with Crippen molar-refractivity contribution in [1.82, 2.24) is 10.2 Å². The van der Waals surface area contributed by atoms with E-state index >= 15 is 0 Å². The highest BCUT2D eigenvalue weighted by molar-refractivity contribution is 7.99. The molecule has 2 rings (SSSR count). The number of thioether (sulfide) groups is 1. The van der Waals surface area contributed by atoms with Crippen molar-refractivity contribution < 1.29 is 9.21 Å². The van der Waals surface area contributed by atoms with E-state index in [-0.39, 0.29) is 11.7 Å². The van der Waals surface area contributed by atoms with Crippen molar-refractivity contribution in [3.05, 3.63) is 35.2 Å². The van der Waals surface area contributed by atoms with Gasteiger partial charge in [-0.05, 0) is 31.0 Å². The highest BCUT2D eigenvalue weighted by atomic mass is 32.2. The van der Waals surface area contributed by atoms with Crippen LogP contribution in [0.15, 0.2) is 27.8 Å². The van der Waals surface area contributed by atoms with E-state index in [0.717, 1.165) is 16.8 Å². The van der Waals surface area contributed by atoms with Gasteiger partial charge in [-0.2, -0.15) is 0 Å². The van der Waals surface area contributed by atoms with Gasteiger partial charge in [-0.1, -0.05) is 23.9 Å². The molecule has 0 unspecified atom stereocenters. The Morgan fingerprint density at radius 1 is 1.38 bits per heavy atom. The number of nitrogens with one attached hydrogen (secondary N) is 1. The molecule has 0 aliphatic heterocycles. The monoisotopic (exact) mass is 306 g/mol. The average Bonchev–Trinajstić information content (AvgIpc) is 2.90. The summed E-state index contributed by atoms with van der Waals surface area (Å²) in [6.07, 6.45) is 0.544. The van der Waals surface area contributed by atoms with Crippen molar-refractivity contribution in [2.45, 2.75) is 25.5 Å². The van der Waals surface area contributed by atoms with Crippen LogP contribution in [0, 0.1) is 13.8 Å². The molecule has 7 heteroatoms. The van der Waals surface area contributed by atoms with Crippen LogP contribution in [0.3, 0.4) is 0 Å². The number of anilines is 1. The molecule has 0 spiro atoms. The highest BCUT2D eigenvalue weighted by Gasteiger charge is 2.10. The molecule has 0 aliphatic carbocycles. The quantitative estimate of drug-likeness (QED) is 0.792. The van der Waals surface area contributed by atoms with Gasteiger partial charge >= 0.3 is 0 Å². The molecule has 0 aliphatic rings. The molecule has 21 heavy (non-hydrogen) atoms. The van der Waals surface area contributed by atoms with Crippen molar-refractivity contribution in [1.29, 1.82) is 0 Å². The van der Waals surface area contributed by atoms with E-state index in [1.807, 2.05) is 32.0 Å². The lowest BCUT2D eigenvalue weighted by Crippen LogP contribution is -2.15. The van der Waals surface area contributed by atoms with Gasteiger partial charge in [0, 0.05) is 18.7 Å². The maximum absolute atomic E-state index is 11.9. The number of hydrogen-bond acceptors (Lipinski definition) is 6. The second-order valence-electron chi connectivity index (χ2n) is 4.58. The smallest absolute Gasteiger partial charge is 0.277 e. The zero-order chi connectivity index (χ0) is 15.2. The summed E-state index contributed by atoms with van der Waals surface area (Å²) in [5, 5.41) is 11.0. The molecule has 0 bridgehead atoms. The van der Waals surface area contributed by atoms with Gasteiger partial charge in [0.05, 0.1) is 5.75 Å². The second kappa shape index (κ2) is 7.24. The Balaban J connectivity index is 1.88. The molecule has 3 N–H and O–H groups in total. The maximum atomic E-state index is 11.9. The van der Waals surface area contributed by atoms with E-state index in [0.29, 0.717) is 24.1 Å². The minimum absolute atomic E-state index is 0.104. The molecule has 0 saturated carbocycles. The van der Waals surface area contributed by atoms with Crippen LogP contribution in [0.4, 0.5) is 5.69 Å². The van der Waals surface area contributed by atoms with Gasteiger partial charge < -0.3 is 15.5 Å². The fraction of sp³-hybridized carbons (Fsp3) is 0.357. The Hall–Kier alpha value is -1.86. The zero-order valence-electron chi connectivity index (χ0n) is 12.0. The van der Waals surface area contributed by atoms with Gasteiger partial charge in [-0.15, -0.1) is 10.2 Å². The lowest BCUT2D eigenvalue weighted by atomic mass is 10.1. The van der Waals surface area contributed by atoms with Crippen LogP contribution in [-0.2, 0) is 11.2 Å². The second-order valence-corrected chi connectivity index (χ2v) is 5.51. The van der Waals surface area contributed by atoms with E-state index in [1.54, 1.807) is 0 Å². The van der Waals surface area contributed by atoms with Crippen LogP contribution in [0.1, 0.15) is 17.0 Å². The van der Waals surface area contributed by atoms with Crippen LogP contribution >= 0.6 is 11.8 Å². The van der Waals surface area contributed by atoms with E-state index in [9.17, 15) is 4.79 Å². The molecule has 6 nitrogen and oxygen atoms in total. The predicted octanol–water partition coefficient (Wildman–Crippen LogP) is 1.92. The SMILES string of the molecule is Cc1cccc(NC(=O)CSc2nnc(CCN)o2)c1C. The number of hydrogen-bond donors (Lipinski definition) is 2. The average molecular weight is 306 g/mol. The number of aryl methyl sites for hydroxylation is 1.